The van der Waals surface area contributed by atoms with Gasteiger partial charge in [-0.3, -0.25) is 0 Å². The summed E-state index contributed by atoms with van der Waals surface area (Å²) >= 11 is 4.00. The van der Waals surface area contributed by atoms with Crippen LogP contribution >= 0.6 is 12.6 Å². The Kier molecular flexibility index (Phi) is 5.98. The maximum absolute atomic E-state index is 9.56. The summed E-state index contributed by atoms with van der Waals surface area (Å²) in [5.41, 5.74) is 0. The molecule has 0 saturated carbocycles. The fourth-order valence-corrected chi connectivity index (χ4v) is 1.60. The van der Waals surface area contributed by atoms with Crippen LogP contribution in [-0.4, -0.2) is 70.1 Å². The number of aliphatic hydroxyl groups excluding tert-OH is 4. The second-order valence-electron chi connectivity index (χ2n) is 3.65. The van der Waals surface area contributed by atoms with Crippen molar-refractivity contribution in [2.45, 2.75) is 37.1 Å². The van der Waals surface area contributed by atoms with Gasteiger partial charge in [0.2, 0.25) is 0 Å². The minimum absolute atomic E-state index is 0.326. The highest BCUT2D eigenvalue weighted by molar-refractivity contribution is 7.80. The van der Waals surface area contributed by atoms with E-state index in [1.807, 2.05) is 0 Å². The zero-order valence-electron chi connectivity index (χ0n) is 8.77. The van der Waals surface area contributed by atoms with Gasteiger partial charge < -0.3 is 29.9 Å². The third-order valence-corrected chi connectivity index (χ3v) is 2.75. The minimum Gasteiger partial charge on any atom is -0.394 e. The highest BCUT2D eigenvalue weighted by Crippen LogP contribution is 2.21. The van der Waals surface area contributed by atoms with E-state index < -0.39 is 37.3 Å². The fraction of sp³-hybridized carbons (Fsp3) is 1.00. The van der Waals surface area contributed by atoms with Gasteiger partial charge in [0.05, 0.1) is 13.2 Å². The minimum atomic E-state index is -1.38. The molecule has 5 atom stereocenters. The lowest BCUT2D eigenvalue weighted by Crippen LogP contribution is -2.59. The van der Waals surface area contributed by atoms with Crippen molar-refractivity contribution in [3.8, 4) is 0 Å². The molecule has 1 aliphatic rings. The average molecular weight is 254 g/mol. The van der Waals surface area contributed by atoms with E-state index in [0.717, 1.165) is 0 Å². The molecule has 1 aliphatic heterocycles. The molecule has 16 heavy (non-hydrogen) atoms. The van der Waals surface area contributed by atoms with Crippen molar-refractivity contribution in [1.82, 2.24) is 0 Å². The van der Waals surface area contributed by atoms with Crippen LogP contribution in [0.15, 0.2) is 0 Å². The highest BCUT2D eigenvalue weighted by Gasteiger charge is 2.43. The SMILES string of the molecule is OCC1O[C@H](OCCCS)C(O)[C@@H](O)[C@@H]1O. The second kappa shape index (κ2) is 6.75. The number of rotatable bonds is 5. The molecule has 1 fully saturated rings. The van der Waals surface area contributed by atoms with Crippen LogP contribution in [0.5, 0.6) is 0 Å². The molecule has 0 spiro atoms. The summed E-state index contributed by atoms with van der Waals surface area (Å²) in [6.07, 6.45) is -5.32. The summed E-state index contributed by atoms with van der Waals surface area (Å²) < 4.78 is 10.3. The molecule has 2 unspecified atom stereocenters. The molecule has 1 rings (SSSR count). The van der Waals surface area contributed by atoms with Crippen molar-refractivity contribution in [2.24, 2.45) is 0 Å². The van der Waals surface area contributed by atoms with E-state index in [-0.39, 0.29) is 0 Å². The van der Waals surface area contributed by atoms with E-state index in [1.54, 1.807) is 0 Å². The molecule has 7 heteroatoms. The van der Waals surface area contributed by atoms with Crippen molar-refractivity contribution >= 4 is 12.6 Å². The molecule has 0 amide bonds. The fourth-order valence-electron chi connectivity index (χ4n) is 1.47. The quantitative estimate of drug-likeness (QED) is 0.291. The number of aliphatic hydroxyl groups is 4. The first-order valence-corrected chi connectivity index (χ1v) is 5.78. The van der Waals surface area contributed by atoms with Crippen molar-refractivity contribution in [3.63, 3.8) is 0 Å². The van der Waals surface area contributed by atoms with E-state index in [2.05, 4.69) is 12.6 Å². The third-order valence-electron chi connectivity index (χ3n) is 2.43. The lowest BCUT2D eigenvalue weighted by molar-refractivity contribution is -0.300. The van der Waals surface area contributed by atoms with Crippen LogP contribution in [-0.2, 0) is 9.47 Å². The first kappa shape index (κ1) is 14.2. The van der Waals surface area contributed by atoms with Gasteiger partial charge in [0.1, 0.15) is 24.4 Å². The normalized spacial score (nSPS) is 39.9. The molecule has 4 N–H and O–H groups in total. The Hall–Kier alpha value is 0.110. The molecule has 0 aliphatic carbocycles. The Labute approximate surface area is 99.2 Å². The summed E-state index contributed by atoms with van der Waals surface area (Å²) in [7, 11) is 0. The van der Waals surface area contributed by atoms with E-state index in [9.17, 15) is 15.3 Å². The smallest absolute Gasteiger partial charge is 0.186 e. The van der Waals surface area contributed by atoms with Crippen LogP contribution in [0, 0.1) is 0 Å². The third kappa shape index (κ3) is 3.30. The van der Waals surface area contributed by atoms with Crippen LogP contribution in [0.2, 0.25) is 0 Å². The Morgan fingerprint density at radius 2 is 1.81 bits per heavy atom. The van der Waals surface area contributed by atoms with Crippen molar-refractivity contribution in [3.05, 3.63) is 0 Å². The molecule has 96 valence electrons. The topological polar surface area (TPSA) is 99.4 Å². The second-order valence-corrected chi connectivity index (χ2v) is 4.09. The zero-order chi connectivity index (χ0) is 12.1. The van der Waals surface area contributed by atoms with Gasteiger partial charge in [-0.05, 0) is 12.2 Å². The lowest BCUT2D eigenvalue weighted by Gasteiger charge is -2.39. The largest absolute Gasteiger partial charge is 0.394 e. The lowest BCUT2D eigenvalue weighted by atomic mass is 9.99. The molecular formula is C9H18O6S. The molecule has 0 aromatic carbocycles. The number of hydrogen-bond acceptors (Lipinski definition) is 7. The summed E-state index contributed by atoms with van der Waals surface area (Å²) in [4.78, 5) is 0. The molecule has 1 saturated heterocycles. The molecular weight excluding hydrogens is 236 g/mol. The first-order valence-electron chi connectivity index (χ1n) is 5.14. The Morgan fingerprint density at radius 1 is 1.12 bits per heavy atom. The number of hydrogen-bond donors (Lipinski definition) is 5. The summed E-state index contributed by atoms with van der Waals surface area (Å²) in [6.45, 7) is -0.121. The van der Waals surface area contributed by atoms with Gasteiger partial charge in [0.15, 0.2) is 6.29 Å². The highest BCUT2D eigenvalue weighted by atomic mass is 32.1. The van der Waals surface area contributed by atoms with Gasteiger partial charge in [-0.2, -0.15) is 12.6 Å². The van der Waals surface area contributed by atoms with Gasteiger partial charge in [-0.25, -0.2) is 0 Å². The van der Waals surface area contributed by atoms with Crippen LogP contribution in [0.25, 0.3) is 0 Å². The van der Waals surface area contributed by atoms with Crippen LogP contribution in [0.4, 0.5) is 0 Å². The molecule has 6 nitrogen and oxygen atoms in total. The van der Waals surface area contributed by atoms with Gasteiger partial charge in [-0.1, -0.05) is 0 Å². The Morgan fingerprint density at radius 3 is 2.38 bits per heavy atom. The number of ether oxygens (including phenoxy) is 2. The van der Waals surface area contributed by atoms with E-state index in [4.69, 9.17) is 14.6 Å². The van der Waals surface area contributed by atoms with Gasteiger partial charge >= 0.3 is 0 Å². The van der Waals surface area contributed by atoms with Gasteiger partial charge in [0, 0.05) is 0 Å². The van der Waals surface area contributed by atoms with Crippen molar-refractivity contribution in [2.75, 3.05) is 19.0 Å². The summed E-state index contributed by atoms with van der Waals surface area (Å²) in [6, 6.07) is 0. The van der Waals surface area contributed by atoms with Crippen LogP contribution in [0.1, 0.15) is 6.42 Å². The molecule has 0 radical (unpaired) electrons. The average Bonchev–Trinajstić information content (AvgIpc) is 2.29. The predicted molar refractivity (Wildman–Crippen MR) is 58.2 cm³/mol. The summed E-state index contributed by atoms with van der Waals surface area (Å²) in [5.74, 6) is 0.636. The molecule has 0 aromatic heterocycles. The Balaban J connectivity index is 2.50. The maximum Gasteiger partial charge on any atom is 0.186 e. The van der Waals surface area contributed by atoms with E-state index >= 15 is 0 Å². The van der Waals surface area contributed by atoms with Crippen molar-refractivity contribution in [1.29, 1.82) is 0 Å². The van der Waals surface area contributed by atoms with Crippen LogP contribution < -0.4 is 0 Å². The Bertz CT molecular complexity index is 202. The number of thiol groups is 1. The maximum atomic E-state index is 9.56. The van der Waals surface area contributed by atoms with Crippen molar-refractivity contribution < 1.29 is 29.9 Å². The monoisotopic (exact) mass is 254 g/mol. The van der Waals surface area contributed by atoms with Gasteiger partial charge in [-0.15, -0.1) is 0 Å². The van der Waals surface area contributed by atoms with E-state index in [1.165, 1.54) is 0 Å². The standard InChI is InChI=1S/C9H18O6S/c10-4-5-6(11)7(12)8(13)9(15-5)14-2-1-3-16/h5-13,16H,1-4H2/t5?,6-,7+,8?,9+/m1/s1. The molecule has 0 aromatic rings. The van der Waals surface area contributed by atoms with Gasteiger partial charge in [0.25, 0.3) is 0 Å². The van der Waals surface area contributed by atoms with Crippen LogP contribution in [0.3, 0.4) is 0 Å². The first-order chi connectivity index (χ1) is 7.61. The predicted octanol–water partition coefficient (Wildman–Crippen LogP) is -1.88. The zero-order valence-corrected chi connectivity index (χ0v) is 9.66. The van der Waals surface area contributed by atoms with E-state index in [0.29, 0.717) is 18.8 Å². The molecule has 1 heterocycles. The summed E-state index contributed by atoms with van der Waals surface area (Å²) in [5, 5.41) is 37.4. The molecule has 0 bridgehead atoms.